The molecule has 0 saturated heterocycles. The second-order valence-electron chi connectivity index (χ2n) is 5.29. The standard InChI is InChI=1S/C15H15F2NO2/c1-20-15(19)10-6-14(12(17)7-11(10)16)18-13-5-8-3-2-4-9(8)13/h2,4,6-9,13,18H,3,5H2,1H3. The average Bonchev–Trinajstić information content (AvgIpc) is 2.78. The highest BCUT2D eigenvalue weighted by atomic mass is 19.1. The molecule has 0 amide bonds. The first-order valence-corrected chi connectivity index (χ1v) is 6.60. The number of rotatable bonds is 3. The summed E-state index contributed by atoms with van der Waals surface area (Å²) in [6.07, 6.45) is 6.30. The van der Waals surface area contributed by atoms with Gasteiger partial charge in [-0.1, -0.05) is 12.2 Å². The molecule has 0 aromatic heterocycles. The molecule has 3 unspecified atom stereocenters. The van der Waals surface area contributed by atoms with Crippen LogP contribution < -0.4 is 5.32 Å². The van der Waals surface area contributed by atoms with E-state index < -0.39 is 17.6 Å². The van der Waals surface area contributed by atoms with Crippen LogP contribution in [-0.2, 0) is 4.74 Å². The molecule has 0 spiro atoms. The summed E-state index contributed by atoms with van der Waals surface area (Å²) >= 11 is 0. The van der Waals surface area contributed by atoms with E-state index in [1.165, 1.54) is 6.07 Å². The molecule has 1 aromatic carbocycles. The summed E-state index contributed by atoms with van der Waals surface area (Å²) in [5, 5.41) is 3.06. The van der Waals surface area contributed by atoms with Gasteiger partial charge in [-0.05, 0) is 24.8 Å². The van der Waals surface area contributed by atoms with Gasteiger partial charge in [0.25, 0.3) is 0 Å². The van der Waals surface area contributed by atoms with E-state index in [4.69, 9.17) is 0 Å². The SMILES string of the molecule is COC(=O)c1cc(NC2CC3CC=CC32)c(F)cc1F. The fourth-order valence-electron chi connectivity index (χ4n) is 3.01. The van der Waals surface area contributed by atoms with Crippen molar-refractivity contribution in [1.29, 1.82) is 0 Å². The van der Waals surface area contributed by atoms with E-state index in [1.807, 2.05) is 0 Å². The van der Waals surface area contributed by atoms with Crippen molar-refractivity contribution in [2.45, 2.75) is 18.9 Å². The van der Waals surface area contributed by atoms with E-state index in [9.17, 15) is 13.6 Å². The molecular weight excluding hydrogens is 264 g/mol. The van der Waals surface area contributed by atoms with Gasteiger partial charge in [0.1, 0.15) is 11.6 Å². The van der Waals surface area contributed by atoms with Gasteiger partial charge in [0.15, 0.2) is 0 Å². The van der Waals surface area contributed by atoms with Crippen molar-refractivity contribution < 1.29 is 18.3 Å². The molecule has 1 fully saturated rings. The van der Waals surface area contributed by atoms with Crippen LogP contribution in [0, 0.1) is 23.5 Å². The van der Waals surface area contributed by atoms with Crippen molar-refractivity contribution in [1.82, 2.24) is 0 Å². The van der Waals surface area contributed by atoms with Crippen LogP contribution in [0.25, 0.3) is 0 Å². The lowest BCUT2D eigenvalue weighted by Crippen LogP contribution is -2.43. The molecule has 5 heteroatoms. The minimum atomic E-state index is -0.910. The first-order chi connectivity index (χ1) is 9.60. The van der Waals surface area contributed by atoms with Crippen molar-refractivity contribution in [2.24, 2.45) is 11.8 Å². The van der Waals surface area contributed by atoms with Crippen LogP contribution in [0.4, 0.5) is 14.5 Å². The van der Waals surface area contributed by atoms with Crippen LogP contribution in [0.1, 0.15) is 23.2 Å². The van der Waals surface area contributed by atoms with Gasteiger partial charge in [0.05, 0.1) is 18.4 Å². The number of benzene rings is 1. The minimum Gasteiger partial charge on any atom is -0.465 e. The number of nitrogens with one attached hydrogen (secondary N) is 1. The largest absolute Gasteiger partial charge is 0.465 e. The zero-order chi connectivity index (χ0) is 14.3. The number of hydrogen-bond donors (Lipinski definition) is 1. The number of carbonyl (C=O) groups excluding carboxylic acids is 1. The Morgan fingerprint density at radius 1 is 1.35 bits per heavy atom. The van der Waals surface area contributed by atoms with Crippen molar-refractivity contribution in [3.05, 3.63) is 41.5 Å². The summed E-state index contributed by atoms with van der Waals surface area (Å²) in [5.41, 5.74) is -0.107. The highest BCUT2D eigenvalue weighted by Crippen LogP contribution is 2.44. The fourth-order valence-corrected chi connectivity index (χ4v) is 3.01. The van der Waals surface area contributed by atoms with Crippen molar-refractivity contribution in [2.75, 3.05) is 12.4 Å². The molecule has 1 aromatic rings. The third kappa shape index (κ3) is 2.07. The molecule has 3 atom stereocenters. The van der Waals surface area contributed by atoms with E-state index in [0.29, 0.717) is 11.8 Å². The smallest absolute Gasteiger partial charge is 0.340 e. The number of carbonyl (C=O) groups is 1. The number of allylic oxidation sites excluding steroid dienone is 1. The predicted molar refractivity (Wildman–Crippen MR) is 70.5 cm³/mol. The molecule has 106 valence electrons. The molecule has 20 heavy (non-hydrogen) atoms. The molecule has 0 radical (unpaired) electrons. The number of halogens is 2. The molecule has 2 aliphatic carbocycles. The summed E-state index contributed by atoms with van der Waals surface area (Å²) in [6, 6.07) is 2.04. The topological polar surface area (TPSA) is 38.3 Å². The third-order valence-electron chi connectivity index (χ3n) is 4.17. The maximum Gasteiger partial charge on any atom is 0.340 e. The molecule has 1 saturated carbocycles. The molecular formula is C15H15F2NO2. The van der Waals surface area contributed by atoms with Crippen LogP contribution in [0.15, 0.2) is 24.3 Å². The quantitative estimate of drug-likeness (QED) is 0.682. The highest BCUT2D eigenvalue weighted by molar-refractivity contribution is 5.90. The lowest BCUT2D eigenvalue weighted by Gasteiger charge is -2.41. The number of anilines is 1. The Balaban J connectivity index is 1.82. The second kappa shape index (κ2) is 4.89. The summed E-state index contributed by atoms with van der Waals surface area (Å²) in [5.74, 6) is -1.37. The Morgan fingerprint density at radius 3 is 2.85 bits per heavy atom. The Morgan fingerprint density at radius 2 is 2.15 bits per heavy atom. The third-order valence-corrected chi connectivity index (χ3v) is 4.17. The van der Waals surface area contributed by atoms with Crippen LogP contribution in [0.5, 0.6) is 0 Å². The molecule has 0 bridgehead atoms. The summed E-state index contributed by atoms with van der Waals surface area (Å²) < 4.78 is 31.8. The minimum absolute atomic E-state index is 0.143. The normalized spacial score (nSPS) is 26.9. The Kier molecular flexibility index (Phi) is 3.20. The van der Waals surface area contributed by atoms with E-state index in [-0.39, 0.29) is 17.3 Å². The maximum absolute atomic E-state index is 13.8. The van der Waals surface area contributed by atoms with Gasteiger partial charge in [0.2, 0.25) is 0 Å². The number of esters is 1. The highest BCUT2D eigenvalue weighted by Gasteiger charge is 2.41. The summed E-state index contributed by atoms with van der Waals surface area (Å²) in [4.78, 5) is 11.4. The lowest BCUT2D eigenvalue weighted by atomic mass is 9.71. The van der Waals surface area contributed by atoms with Crippen LogP contribution >= 0.6 is 0 Å². The molecule has 0 heterocycles. The Hall–Kier alpha value is -1.91. The number of hydrogen-bond acceptors (Lipinski definition) is 3. The van der Waals surface area contributed by atoms with Crippen molar-refractivity contribution in [3.63, 3.8) is 0 Å². The molecule has 0 aliphatic heterocycles. The summed E-state index contributed by atoms with van der Waals surface area (Å²) in [6.45, 7) is 0. The van der Waals surface area contributed by atoms with Crippen molar-refractivity contribution in [3.8, 4) is 0 Å². The predicted octanol–water partition coefficient (Wildman–Crippen LogP) is 3.13. The Labute approximate surface area is 115 Å². The maximum atomic E-state index is 13.8. The molecule has 3 rings (SSSR count). The zero-order valence-corrected chi connectivity index (χ0v) is 11.0. The average molecular weight is 279 g/mol. The molecule has 3 nitrogen and oxygen atoms in total. The first kappa shape index (κ1) is 13.1. The number of fused-ring (bicyclic) bond motifs is 1. The van der Waals surface area contributed by atoms with Gasteiger partial charge in [-0.3, -0.25) is 0 Å². The fraction of sp³-hybridized carbons (Fsp3) is 0.400. The first-order valence-electron chi connectivity index (χ1n) is 6.60. The zero-order valence-electron chi connectivity index (χ0n) is 11.0. The van der Waals surface area contributed by atoms with Crippen LogP contribution in [0.2, 0.25) is 0 Å². The Bertz CT molecular complexity index is 585. The van der Waals surface area contributed by atoms with Crippen molar-refractivity contribution >= 4 is 11.7 Å². The van der Waals surface area contributed by atoms with Gasteiger partial charge in [-0.2, -0.15) is 0 Å². The van der Waals surface area contributed by atoms with Gasteiger partial charge in [0, 0.05) is 18.0 Å². The summed E-state index contributed by atoms with van der Waals surface area (Å²) in [7, 11) is 1.16. The molecule has 1 N–H and O–H groups in total. The van der Waals surface area contributed by atoms with E-state index >= 15 is 0 Å². The number of methoxy groups -OCH3 is 1. The van der Waals surface area contributed by atoms with E-state index in [1.54, 1.807) is 0 Å². The number of ether oxygens (including phenoxy) is 1. The van der Waals surface area contributed by atoms with Crippen LogP contribution in [0.3, 0.4) is 0 Å². The molecule has 2 aliphatic rings. The van der Waals surface area contributed by atoms with E-state index in [2.05, 4.69) is 22.2 Å². The van der Waals surface area contributed by atoms with Crippen LogP contribution in [-0.4, -0.2) is 19.1 Å². The second-order valence-corrected chi connectivity index (χ2v) is 5.29. The monoisotopic (exact) mass is 279 g/mol. The van der Waals surface area contributed by atoms with Gasteiger partial charge in [-0.25, -0.2) is 13.6 Å². The van der Waals surface area contributed by atoms with E-state index in [0.717, 1.165) is 26.0 Å². The van der Waals surface area contributed by atoms with Gasteiger partial charge in [-0.15, -0.1) is 0 Å². The lowest BCUT2D eigenvalue weighted by molar-refractivity contribution is 0.0595. The van der Waals surface area contributed by atoms with Gasteiger partial charge < -0.3 is 10.1 Å². The van der Waals surface area contributed by atoms with Gasteiger partial charge >= 0.3 is 5.97 Å².